The molecule has 1 saturated carbocycles. The molecule has 0 atom stereocenters. The maximum Gasteiger partial charge on any atom is 0.245 e. The van der Waals surface area contributed by atoms with Crippen LogP contribution in [0.25, 0.3) is 0 Å². The lowest BCUT2D eigenvalue weighted by molar-refractivity contribution is 0.117. The van der Waals surface area contributed by atoms with E-state index in [1.807, 2.05) is 0 Å². The van der Waals surface area contributed by atoms with Crippen LogP contribution in [0.3, 0.4) is 0 Å². The predicted octanol–water partition coefficient (Wildman–Crippen LogP) is 1.33. The molecule has 0 heterocycles. The van der Waals surface area contributed by atoms with Gasteiger partial charge in [-0.15, -0.1) is 0 Å². The van der Waals surface area contributed by atoms with E-state index in [2.05, 4.69) is 0 Å². The van der Waals surface area contributed by atoms with Crippen molar-refractivity contribution in [2.24, 2.45) is 11.7 Å². The number of hydrogen-bond donors (Lipinski definition) is 1. The molecule has 0 aliphatic heterocycles. The molecule has 5 nitrogen and oxygen atoms in total. The smallest absolute Gasteiger partial charge is 0.245 e. The first-order valence-electron chi connectivity index (χ1n) is 6.97. The van der Waals surface area contributed by atoms with Gasteiger partial charge in [0.15, 0.2) is 0 Å². The van der Waals surface area contributed by atoms with E-state index < -0.39 is 15.8 Å². The number of rotatable bonds is 8. The zero-order chi connectivity index (χ0) is 15.5. The Kier molecular flexibility index (Phi) is 5.32. The van der Waals surface area contributed by atoms with Gasteiger partial charge in [0.1, 0.15) is 10.7 Å². The third kappa shape index (κ3) is 4.23. The Balaban J connectivity index is 1.98. The Bertz CT molecular complexity index is 588. The van der Waals surface area contributed by atoms with Crippen LogP contribution in [-0.2, 0) is 21.3 Å². The highest BCUT2D eigenvalue weighted by Gasteiger charge is 2.25. The molecule has 0 saturated heterocycles. The summed E-state index contributed by atoms with van der Waals surface area (Å²) in [5, 5.41) is 0. The van der Waals surface area contributed by atoms with Crippen LogP contribution in [0.15, 0.2) is 23.1 Å². The van der Waals surface area contributed by atoms with E-state index in [9.17, 15) is 12.8 Å². The fraction of sp³-hybridized carbons (Fsp3) is 0.571. The molecular formula is C14H21FN2O3S. The van der Waals surface area contributed by atoms with Crippen molar-refractivity contribution >= 4 is 10.0 Å². The normalized spacial score (nSPS) is 15.6. The van der Waals surface area contributed by atoms with Gasteiger partial charge in [0.05, 0.1) is 6.61 Å². The monoisotopic (exact) mass is 316 g/mol. The summed E-state index contributed by atoms with van der Waals surface area (Å²) in [4.78, 5) is -0.329. The molecule has 0 aromatic heterocycles. The van der Waals surface area contributed by atoms with Crippen molar-refractivity contribution in [1.29, 1.82) is 0 Å². The van der Waals surface area contributed by atoms with Gasteiger partial charge in [0.25, 0.3) is 0 Å². The van der Waals surface area contributed by atoms with E-state index in [0.29, 0.717) is 24.7 Å². The second-order valence-electron chi connectivity index (χ2n) is 5.31. The number of nitrogens with zero attached hydrogens (tertiary/aromatic N) is 1. The number of benzene rings is 1. The first-order valence-corrected chi connectivity index (χ1v) is 8.41. The van der Waals surface area contributed by atoms with Crippen molar-refractivity contribution in [3.63, 3.8) is 0 Å². The molecule has 1 aliphatic rings. The number of sulfonamides is 1. The Morgan fingerprint density at radius 3 is 2.71 bits per heavy atom. The first-order chi connectivity index (χ1) is 9.95. The van der Waals surface area contributed by atoms with Crippen LogP contribution in [0.1, 0.15) is 18.4 Å². The van der Waals surface area contributed by atoms with Gasteiger partial charge in [0.2, 0.25) is 10.0 Å². The summed E-state index contributed by atoms with van der Waals surface area (Å²) in [6.07, 6.45) is 2.37. The van der Waals surface area contributed by atoms with Crippen LogP contribution in [0.2, 0.25) is 0 Å². The van der Waals surface area contributed by atoms with Gasteiger partial charge in [-0.1, -0.05) is 6.07 Å². The SMILES string of the molecule is CN(CCOCC1CC1)S(=O)(=O)c1ccc(CN)cc1F. The number of halogens is 1. The minimum absolute atomic E-state index is 0.169. The lowest BCUT2D eigenvalue weighted by atomic mass is 10.2. The van der Waals surface area contributed by atoms with Crippen molar-refractivity contribution in [2.75, 3.05) is 26.8 Å². The van der Waals surface area contributed by atoms with Gasteiger partial charge in [-0.3, -0.25) is 0 Å². The van der Waals surface area contributed by atoms with Crippen LogP contribution in [-0.4, -0.2) is 39.5 Å². The molecule has 0 spiro atoms. The Labute approximate surface area is 124 Å². The summed E-state index contributed by atoms with van der Waals surface area (Å²) in [6, 6.07) is 3.94. The predicted molar refractivity (Wildman–Crippen MR) is 77.7 cm³/mol. The van der Waals surface area contributed by atoms with E-state index in [0.717, 1.165) is 10.4 Å². The van der Waals surface area contributed by atoms with Crippen LogP contribution < -0.4 is 5.73 Å². The van der Waals surface area contributed by atoms with Crippen molar-refractivity contribution in [1.82, 2.24) is 4.31 Å². The molecule has 7 heteroatoms. The number of ether oxygens (including phenoxy) is 1. The average molecular weight is 316 g/mol. The lowest BCUT2D eigenvalue weighted by Crippen LogP contribution is -2.31. The summed E-state index contributed by atoms with van der Waals surface area (Å²) in [5.74, 6) is -0.142. The summed E-state index contributed by atoms with van der Waals surface area (Å²) >= 11 is 0. The fourth-order valence-corrected chi connectivity index (χ4v) is 3.09. The highest BCUT2D eigenvalue weighted by molar-refractivity contribution is 7.89. The third-order valence-electron chi connectivity index (χ3n) is 3.52. The number of hydrogen-bond acceptors (Lipinski definition) is 4. The minimum atomic E-state index is -3.84. The summed E-state index contributed by atoms with van der Waals surface area (Å²) in [7, 11) is -2.42. The van der Waals surface area contributed by atoms with E-state index in [-0.39, 0.29) is 18.0 Å². The number of likely N-dealkylation sites (N-methyl/N-ethyl adjacent to an activating group) is 1. The summed E-state index contributed by atoms with van der Waals surface area (Å²) < 4.78 is 45.0. The Hall–Kier alpha value is -1.02. The van der Waals surface area contributed by atoms with E-state index in [1.165, 1.54) is 32.0 Å². The average Bonchev–Trinajstić information content (AvgIpc) is 3.26. The highest BCUT2D eigenvalue weighted by Crippen LogP contribution is 2.28. The molecule has 0 unspecified atom stereocenters. The van der Waals surface area contributed by atoms with Crippen molar-refractivity contribution < 1.29 is 17.5 Å². The molecule has 2 rings (SSSR count). The molecule has 1 aromatic rings. The van der Waals surface area contributed by atoms with Gasteiger partial charge in [-0.2, -0.15) is 4.31 Å². The van der Waals surface area contributed by atoms with Crippen molar-refractivity contribution in [2.45, 2.75) is 24.3 Å². The fourth-order valence-electron chi connectivity index (χ4n) is 1.90. The molecule has 0 amide bonds. The second kappa shape index (κ2) is 6.83. The molecule has 0 bridgehead atoms. The van der Waals surface area contributed by atoms with E-state index in [4.69, 9.17) is 10.5 Å². The topological polar surface area (TPSA) is 72.6 Å². The molecule has 118 valence electrons. The van der Waals surface area contributed by atoms with E-state index >= 15 is 0 Å². The first kappa shape index (κ1) is 16.4. The van der Waals surface area contributed by atoms with Crippen LogP contribution >= 0.6 is 0 Å². The minimum Gasteiger partial charge on any atom is -0.380 e. The standard InChI is InChI=1S/C14H21FN2O3S/c1-17(6-7-20-10-11-2-3-11)21(18,19)14-5-4-12(9-16)8-13(14)15/h4-5,8,11H,2-3,6-7,9-10,16H2,1H3. The third-order valence-corrected chi connectivity index (χ3v) is 5.41. The zero-order valence-electron chi connectivity index (χ0n) is 12.1. The Morgan fingerprint density at radius 2 is 2.14 bits per heavy atom. The molecule has 1 aliphatic carbocycles. The largest absolute Gasteiger partial charge is 0.380 e. The molecule has 1 aromatic carbocycles. The maximum absolute atomic E-state index is 13.9. The zero-order valence-corrected chi connectivity index (χ0v) is 12.9. The molecule has 2 N–H and O–H groups in total. The van der Waals surface area contributed by atoms with Gasteiger partial charge < -0.3 is 10.5 Å². The van der Waals surface area contributed by atoms with Gasteiger partial charge >= 0.3 is 0 Å². The quantitative estimate of drug-likeness (QED) is 0.735. The van der Waals surface area contributed by atoms with Crippen LogP contribution in [0.4, 0.5) is 4.39 Å². The summed E-state index contributed by atoms with van der Waals surface area (Å²) in [6.45, 7) is 1.36. The van der Waals surface area contributed by atoms with Gasteiger partial charge in [-0.25, -0.2) is 12.8 Å². The number of nitrogens with two attached hydrogens (primary N) is 1. The summed E-state index contributed by atoms with van der Waals surface area (Å²) in [5.41, 5.74) is 5.96. The van der Waals surface area contributed by atoms with Gasteiger partial charge in [-0.05, 0) is 36.5 Å². The van der Waals surface area contributed by atoms with Crippen LogP contribution in [0.5, 0.6) is 0 Å². The molecule has 1 fully saturated rings. The van der Waals surface area contributed by atoms with Crippen LogP contribution in [0, 0.1) is 11.7 Å². The molecular weight excluding hydrogens is 295 g/mol. The maximum atomic E-state index is 13.9. The second-order valence-corrected chi connectivity index (χ2v) is 7.33. The van der Waals surface area contributed by atoms with Crippen molar-refractivity contribution in [3.8, 4) is 0 Å². The Morgan fingerprint density at radius 1 is 1.43 bits per heavy atom. The lowest BCUT2D eigenvalue weighted by Gasteiger charge is -2.18. The molecule has 0 radical (unpaired) electrons. The highest BCUT2D eigenvalue weighted by atomic mass is 32.2. The molecule has 21 heavy (non-hydrogen) atoms. The van der Waals surface area contributed by atoms with Crippen molar-refractivity contribution in [3.05, 3.63) is 29.6 Å². The van der Waals surface area contributed by atoms with E-state index in [1.54, 1.807) is 0 Å². The van der Waals surface area contributed by atoms with Gasteiger partial charge in [0, 0.05) is 26.7 Å².